The fourth-order valence-corrected chi connectivity index (χ4v) is 4.77. The molecule has 3 aromatic rings. The number of benzene rings is 2. The predicted octanol–water partition coefficient (Wildman–Crippen LogP) is -1.48. The van der Waals surface area contributed by atoms with Gasteiger partial charge in [0, 0.05) is 23.8 Å². The summed E-state index contributed by atoms with van der Waals surface area (Å²) < 4.78 is 32.9. The first-order chi connectivity index (χ1) is 19.9. The maximum atomic E-state index is 12.4. The maximum absolute atomic E-state index is 12.4. The Morgan fingerprint density at radius 1 is 0.976 bits per heavy atom. The van der Waals surface area contributed by atoms with Crippen LogP contribution >= 0.6 is 0 Å². The van der Waals surface area contributed by atoms with Crippen molar-refractivity contribution in [3.63, 3.8) is 0 Å². The molecule has 3 heterocycles. The average Bonchev–Trinajstić information content (AvgIpc) is 3.26. The molecule has 0 spiro atoms. The molecule has 0 aliphatic carbocycles. The second-order valence-corrected chi connectivity index (χ2v) is 10.0. The summed E-state index contributed by atoms with van der Waals surface area (Å²) in [6.45, 7) is -1.71. The second-order valence-electron chi connectivity index (χ2n) is 10.0. The molecule has 2 aromatic carbocycles. The predicted molar refractivity (Wildman–Crippen MR) is 139 cm³/mol. The number of hydrogen-bond acceptors (Lipinski definition) is 15. The lowest BCUT2D eigenvalue weighted by atomic mass is 9.98. The van der Waals surface area contributed by atoms with E-state index < -0.39 is 79.9 Å². The van der Waals surface area contributed by atoms with Gasteiger partial charge in [-0.1, -0.05) is 6.07 Å². The topological polar surface area (TPSA) is 238 Å². The van der Waals surface area contributed by atoms with Crippen molar-refractivity contribution in [2.75, 3.05) is 26.9 Å². The molecule has 0 amide bonds. The zero-order chi connectivity index (χ0) is 30.3. The first-order valence-corrected chi connectivity index (χ1v) is 12.7. The smallest absolute Gasteiger partial charge is 0.336 e. The number of fused-ring (bicyclic) bond motifs is 1. The van der Waals surface area contributed by atoms with E-state index in [1.807, 2.05) is 0 Å². The molecule has 15 nitrogen and oxygen atoms in total. The average molecular weight is 595 g/mol. The van der Waals surface area contributed by atoms with E-state index in [9.17, 15) is 45.6 Å². The van der Waals surface area contributed by atoms with Crippen molar-refractivity contribution in [2.24, 2.45) is 0 Å². The van der Waals surface area contributed by atoms with Crippen LogP contribution in [0.2, 0.25) is 0 Å². The Kier molecular flexibility index (Phi) is 8.30. The van der Waals surface area contributed by atoms with Gasteiger partial charge in [0.15, 0.2) is 17.8 Å². The van der Waals surface area contributed by atoms with Crippen molar-refractivity contribution < 1.29 is 69.0 Å². The zero-order valence-corrected chi connectivity index (χ0v) is 22.1. The summed E-state index contributed by atoms with van der Waals surface area (Å²) in [6, 6.07) is 7.80. The number of aliphatic hydroxyl groups is 6. The van der Waals surface area contributed by atoms with Crippen LogP contribution in [-0.4, -0.2) is 116 Å². The van der Waals surface area contributed by atoms with Crippen molar-refractivity contribution in [3.05, 3.63) is 46.8 Å². The largest absolute Gasteiger partial charge is 0.504 e. The molecule has 0 radical (unpaired) electrons. The van der Waals surface area contributed by atoms with Gasteiger partial charge in [0.25, 0.3) is 0 Å². The van der Waals surface area contributed by atoms with E-state index in [4.69, 9.17) is 28.1 Å². The third-order valence-corrected chi connectivity index (χ3v) is 7.22. The standard InChI is InChI=1S/C27H30O15/c1-37-12-5-16-20(13(7-19(31)40-16)11-2-3-14(29)15(30)4-11)17(6-12)41-25-23(34)22(33)21(32)18(42-25)8-38-26-24(35)27(36,9-28)10-39-26/h2-7,18,21-26,28-30,32-36H,8-10H2,1H3/t18-,21-,22?,23-,24?,25-,26-,27+/m1/s1. The van der Waals surface area contributed by atoms with Crippen LogP contribution in [0.15, 0.2) is 45.6 Å². The van der Waals surface area contributed by atoms with Crippen LogP contribution in [0.5, 0.6) is 23.0 Å². The van der Waals surface area contributed by atoms with Crippen LogP contribution in [0.4, 0.5) is 0 Å². The van der Waals surface area contributed by atoms with Gasteiger partial charge in [0.2, 0.25) is 6.29 Å². The van der Waals surface area contributed by atoms with E-state index >= 15 is 0 Å². The summed E-state index contributed by atoms with van der Waals surface area (Å²) in [5, 5.41) is 81.5. The van der Waals surface area contributed by atoms with Gasteiger partial charge in [-0.2, -0.15) is 0 Å². The number of rotatable bonds is 8. The highest BCUT2D eigenvalue weighted by Crippen LogP contribution is 2.41. The Labute approximate surface area is 236 Å². The Morgan fingerprint density at radius 2 is 1.74 bits per heavy atom. The number of methoxy groups -OCH3 is 1. The fourth-order valence-electron chi connectivity index (χ4n) is 4.77. The lowest BCUT2D eigenvalue weighted by molar-refractivity contribution is -0.289. The molecule has 0 saturated carbocycles. The van der Waals surface area contributed by atoms with Gasteiger partial charge in [-0.25, -0.2) is 4.79 Å². The second kappa shape index (κ2) is 11.6. The lowest BCUT2D eigenvalue weighted by Crippen LogP contribution is -2.60. The zero-order valence-electron chi connectivity index (χ0n) is 22.1. The molecule has 2 fully saturated rings. The van der Waals surface area contributed by atoms with Crippen molar-refractivity contribution in [1.82, 2.24) is 0 Å². The van der Waals surface area contributed by atoms with E-state index in [1.54, 1.807) is 0 Å². The number of aromatic hydroxyl groups is 2. The van der Waals surface area contributed by atoms with Crippen LogP contribution in [0.3, 0.4) is 0 Å². The molecule has 0 bridgehead atoms. The van der Waals surface area contributed by atoms with Crippen molar-refractivity contribution in [2.45, 2.75) is 48.7 Å². The number of phenols is 2. The molecule has 42 heavy (non-hydrogen) atoms. The SMILES string of the molecule is COc1cc(O[C@@H]2O[C@H](CO[C@@H]3OC[C@@](O)(CO)C3O)[C@@H](O)C(O)[C@H]2O)c2c(-c3ccc(O)c(O)c3)cc(=O)oc2c1. The molecule has 5 rings (SSSR count). The minimum atomic E-state index is -1.95. The normalized spacial score (nSPS) is 31.4. The monoisotopic (exact) mass is 594 g/mol. The fraction of sp³-hybridized carbons (Fsp3) is 0.444. The molecule has 2 saturated heterocycles. The molecule has 15 heteroatoms. The van der Waals surface area contributed by atoms with Crippen LogP contribution in [0, 0.1) is 0 Å². The number of aliphatic hydroxyl groups excluding tert-OH is 5. The van der Waals surface area contributed by atoms with E-state index in [0.29, 0.717) is 5.56 Å². The Bertz CT molecular complexity index is 1490. The van der Waals surface area contributed by atoms with Gasteiger partial charge in [0.05, 0.1) is 32.3 Å². The minimum absolute atomic E-state index is 0.00563. The highest BCUT2D eigenvalue weighted by Gasteiger charge is 2.50. The Morgan fingerprint density at radius 3 is 2.40 bits per heavy atom. The van der Waals surface area contributed by atoms with Gasteiger partial charge < -0.3 is 69.0 Å². The van der Waals surface area contributed by atoms with Crippen LogP contribution in [0.25, 0.3) is 22.1 Å². The quantitative estimate of drug-likeness (QED) is 0.110. The van der Waals surface area contributed by atoms with E-state index in [1.165, 1.54) is 37.4 Å². The Balaban J connectivity index is 1.47. The summed E-state index contributed by atoms with van der Waals surface area (Å²) in [6.07, 6.45) is -11.2. The van der Waals surface area contributed by atoms with Crippen molar-refractivity contribution >= 4 is 11.0 Å². The molecule has 8 atom stereocenters. The first kappa shape index (κ1) is 30.0. The Hall–Kier alpha value is -3.51. The van der Waals surface area contributed by atoms with E-state index in [-0.39, 0.29) is 33.8 Å². The molecule has 228 valence electrons. The van der Waals surface area contributed by atoms with Gasteiger partial charge >= 0.3 is 5.63 Å². The maximum Gasteiger partial charge on any atom is 0.336 e. The summed E-state index contributed by atoms with van der Waals surface area (Å²) in [5.74, 6) is -0.712. The van der Waals surface area contributed by atoms with Crippen LogP contribution in [0.1, 0.15) is 0 Å². The molecule has 1 aromatic heterocycles. The highest BCUT2D eigenvalue weighted by atomic mass is 16.7. The van der Waals surface area contributed by atoms with Gasteiger partial charge in [0.1, 0.15) is 53.2 Å². The van der Waals surface area contributed by atoms with Crippen molar-refractivity contribution in [3.8, 4) is 34.1 Å². The number of ether oxygens (including phenoxy) is 5. The lowest BCUT2D eigenvalue weighted by Gasteiger charge is -2.40. The summed E-state index contributed by atoms with van der Waals surface area (Å²) >= 11 is 0. The number of phenolic OH excluding ortho intramolecular Hbond substituents is 2. The highest BCUT2D eigenvalue weighted by molar-refractivity contribution is 5.98. The molecule has 2 aliphatic heterocycles. The van der Waals surface area contributed by atoms with Gasteiger partial charge in [-0.15, -0.1) is 0 Å². The van der Waals surface area contributed by atoms with Gasteiger partial charge in [-0.05, 0) is 17.7 Å². The molecular formula is C27H30O15. The third-order valence-electron chi connectivity index (χ3n) is 7.22. The van der Waals surface area contributed by atoms with Gasteiger partial charge in [-0.3, -0.25) is 0 Å². The van der Waals surface area contributed by atoms with E-state index in [0.717, 1.165) is 6.07 Å². The first-order valence-electron chi connectivity index (χ1n) is 12.7. The van der Waals surface area contributed by atoms with Crippen LogP contribution in [-0.2, 0) is 14.2 Å². The minimum Gasteiger partial charge on any atom is -0.504 e. The molecule has 8 N–H and O–H groups in total. The molecule has 2 unspecified atom stereocenters. The van der Waals surface area contributed by atoms with Crippen molar-refractivity contribution in [1.29, 1.82) is 0 Å². The molecular weight excluding hydrogens is 564 g/mol. The third kappa shape index (κ3) is 5.49. The van der Waals surface area contributed by atoms with E-state index in [2.05, 4.69) is 0 Å². The molecule has 2 aliphatic rings. The summed E-state index contributed by atoms with van der Waals surface area (Å²) in [7, 11) is 1.35. The summed E-state index contributed by atoms with van der Waals surface area (Å²) in [4.78, 5) is 12.4. The number of hydrogen-bond donors (Lipinski definition) is 8. The van der Waals surface area contributed by atoms with Crippen LogP contribution < -0.4 is 15.1 Å². The summed E-state index contributed by atoms with van der Waals surface area (Å²) in [5.41, 5.74) is -2.20.